The largest absolute Gasteiger partial charge is 0.396 e. The van der Waals surface area contributed by atoms with Gasteiger partial charge >= 0.3 is 0 Å². The Morgan fingerprint density at radius 3 is 2.00 bits per heavy atom. The lowest BCUT2D eigenvalue weighted by molar-refractivity contribution is 0.106. The third kappa shape index (κ3) is 18.0. The van der Waals surface area contributed by atoms with Crippen LogP contribution in [0.4, 0.5) is 0 Å². The maximum absolute atomic E-state index is 5.79. The standard InChI is InChI=1S/C21H40N4O.C10H22.C2H6/c1-7-11-12-14-21(13-8-2,15-19-16-22-25(6)23-19)20(10-4)24-26-17-18(5)9-3;1-4-6-7-8-9-10(3)5-2;1-2/h16,18H,7-15,17H2,1-6H3;10H,4-9H2,1-3H3;1-2H3/b24-20+;;. The van der Waals surface area contributed by atoms with E-state index in [4.69, 9.17) is 4.84 Å². The predicted molar refractivity (Wildman–Crippen MR) is 169 cm³/mol. The van der Waals surface area contributed by atoms with E-state index in [9.17, 15) is 0 Å². The second-order valence-electron chi connectivity index (χ2n) is 11.1. The van der Waals surface area contributed by atoms with Crippen LogP contribution in [0.1, 0.15) is 165 Å². The minimum atomic E-state index is 0.0319. The molecule has 0 bridgehead atoms. The Balaban J connectivity index is 0. The van der Waals surface area contributed by atoms with Crippen LogP contribution in [-0.4, -0.2) is 27.3 Å². The molecule has 1 heterocycles. The maximum atomic E-state index is 5.79. The molecule has 0 N–H and O–H groups in total. The number of rotatable bonds is 20. The van der Waals surface area contributed by atoms with Crippen LogP contribution in [0.5, 0.6) is 0 Å². The highest BCUT2D eigenvalue weighted by Gasteiger charge is 2.35. The Bertz CT molecular complexity index is 657. The summed E-state index contributed by atoms with van der Waals surface area (Å²) in [6.45, 7) is 22.7. The molecular formula is C33H68N4O. The Hall–Kier alpha value is -1.39. The molecule has 0 aromatic carbocycles. The third-order valence-electron chi connectivity index (χ3n) is 7.58. The van der Waals surface area contributed by atoms with Gasteiger partial charge in [0.25, 0.3) is 0 Å². The van der Waals surface area contributed by atoms with Gasteiger partial charge in [-0.15, -0.1) is 0 Å². The van der Waals surface area contributed by atoms with Gasteiger partial charge in [-0.25, -0.2) is 0 Å². The summed E-state index contributed by atoms with van der Waals surface area (Å²) in [5, 5.41) is 13.5. The number of nitrogens with zero attached hydrogens (tertiary/aromatic N) is 4. The van der Waals surface area contributed by atoms with E-state index >= 15 is 0 Å². The molecule has 5 nitrogen and oxygen atoms in total. The molecular weight excluding hydrogens is 468 g/mol. The number of unbranched alkanes of at least 4 members (excludes halogenated alkanes) is 5. The molecule has 0 radical (unpaired) electrons. The van der Waals surface area contributed by atoms with Crippen molar-refractivity contribution >= 4 is 5.71 Å². The van der Waals surface area contributed by atoms with Crippen LogP contribution < -0.4 is 0 Å². The lowest BCUT2D eigenvalue weighted by Crippen LogP contribution is -2.34. The van der Waals surface area contributed by atoms with Crippen molar-refractivity contribution in [3.8, 4) is 0 Å². The minimum Gasteiger partial charge on any atom is -0.396 e. The summed E-state index contributed by atoms with van der Waals surface area (Å²) in [6, 6.07) is 0. The Labute approximate surface area is 239 Å². The molecule has 5 heteroatoms. The molecule has 3 atom stereocenters. The monoisotopic (exact) mass is 537 g/mol. The van der Waals surface area contributed by atoms with Crippen molar-refractivity contribution in [1.82, 2.24) is 15.0 Å². The Morgan fingerprint density at radius 2 is 1.50 bits per heavy atom. The van der Waals surface area contributed by atoms with Crippen molar-refractivity contribution in [1.29, 1.82) is 0 Å². The second kappa shape index (κ2) is 25.9. The normalized spacial score (nSPS) is 14.4. The van der Waals surface area contributed by atoms with Gasteiger partial charge in [-0.1, -0.05) is 145 Å². The molecule has 0 aliphatic carbocycles. The van der Waals surface area contributed by atoms with Gasteiger partial charge in [0.15, 0.2) is 0 Å². The molecule has 0 saturated carbocycles. The molecule has 1 aromatic heterocycles. The first-order valence-electron chi connectivity index (χ1n) is 16.4. The Kier molecular flexibility index (Phi) is 26.4. The molecule has 1 aromatic rings. The van der Waals surface area contributed by atoms with Crippen LogP contribution in [0.15, 0.2) is 11.4 Å². The zero-order valence-electron chi connectivity index (χ0n) is 27.7. The summed E-state index contributed by atoms with van der Waals surface area (Å²) >= 11 is 0. The quantitative estimate of drug-likeness (QED) is 0.0945. The minimum absolute atomic E-state index is 0.0319. The molecule has 0 saturated heterocycles. The fourth-order valence-electron chi connectivity index (χ4n) is 4.72. The first-order valence-corrected chi connectivity index (χ1v) is 16.4. The van der Waals surface area contributed by atoms with E-state index in [-0.39, 0.29) is 5.41 Å². The summed E-state index contributed by atoms with van der Waals surface area (Å²) in [5.41, 5.74) is 2.29. The van der Waals surface area contributed by atoms with E-state index in [2.05, 4.69) is 70.7 Å². The summed E-state index contributed by atoms with van der Waals surface area (Å²) in [7, 11) is 1.88. The number of aryl methyl sites for hydroxylation is 1. The summed E-state index contributed by atoms with van der Waals surface area (Å²) in [5.74, 6) is 1.49. The summed E-state index contributed by atoms with van der Waals surface area (Å²) in [6.07, 6.45) is 20.4. The topological polar surface area (TPSA) is 52.3 Å². The highest BCUT2D eigenvalue weighted by Crippen LogP contribution is 2.37. The zero-order valence-corrected chi connectivity index (χ0v) is 27.7. The summed E-state index contributed by atoms with van der Waals surface area (Å²) in [4.78, 5) is 7.44. The molecule has 3 unspecified atom stereocenters. The van der Waals surface area contributed by atoms with E-state index in [0.29, 0.717) is 12.5 Å². The van der Waals surface area contributed by atoms with Crippen LogP contribution in [0, 0.1) is 17.3 Å². The average Bonchev–Trinajstić information content (AvgIpc) is 3.34. The van der Waals surface area contributed by atoms with E-state index in [0.717, 1.165) is 50.1 Å². The van der Waals surface area contributed by atoms with Gasteiger partial charge in [-0.05, 0) is 31.1 Å². The number of hydrogen-bond acceptors (Lipinski definition) is 4. The van der Waals surface area contributed by atoms with Gasteiger partial charge in [-0.2, -0.15) is 15.0 Å². The summed E-state index contributed by atoms with van der Waals surface area (Å²) < 4.78 is 0. The fraction of sp³-hybridized carbons (Fsp3) is 0.909. The van der Waals surface area contributed by atoms with E-state index < -0.39 is 0 Å². The number of hydrogen-bond donors (Lipinski definition) is 0. The average molecular weight is 537 g/mol. The first-order chi connectivity index (χ1) is 18.3. The van der Waals surface area contributed by atoms with Gasteiger partial charge in [0.05, 0.1) is 17.6 Å². The maximum Gasteiger partial charge on any atom is 0.119 e. The highest BCUT2D eigenvalue weighted by molar-refractivity contribution is 5.89. The van der Waals surface area contributed by atoms with E-state index in [1.54, 1.807) is 4.80 Å². The van der Waals surface area contributed by atoms with Crippen molar-refractivity contribution < 1.29 is 4.84 Å². The van der Waals surface area contributed by atoms with Gasteiger partial charge in [0.2, 0.25) is 0 Å². The SMILES string of the molecule is CC.CCCCCC(CCC)(Cc1cnn(C)n1)/C(CC)=N/OCC(C)CC.CCCCCCC(C)CC. The van der Waals surface area contributed by atoms with Crippen molar-refractivity contribution in [2.75, 3.05) is 6.61 Å². The molecule has 226 valence electrons. The zero-order chi connectivity index (χ0) is 29.2. The van der Waals surface area contributed by atoms with Crippen LogP contribution in [0.25, 0.3) is 0 Å². The predicted octanol–water partition coefficient (Wildman–Crippen LogP) is 10.6. The van der Waals surface area contributed by atoms with Crippen LogP contribution in [0.2, 0.25) is 0 Å². The fourth-order valence-corrected chi connectivity index (χ4v) is 4.72. The van der Waals surface area contributed by atoms with Crippen molar-refractivity contribution in [3.05, 3.63) is 11.9 Å². The molecule has 0 fully saturated rings. The molecule has 38 heavy (non-hydrogen) atoms. The molecule has 0 aliphatic rings. The lowest BCUT2D eigenvalue weighted by Gasteiger charge is -2.34. The molecule has 0 amide bonds. The van der Waals surface area contributed by atoms with Crippen LogP contribution in [0.3, 0.4) is 0 Å². The van der Waals surface area contributed by atoms with E-state index in [1.165, 1.54) is 63.5 Å². The van der Waals surface area contributed by atoms with Crippen molar-refractivity contribution in [3.63, 3.8) is 0 Å². The van der Waals surface area contributed by atoms with Crippen molar-refractivity contribution in [2.45, 2.75) is 166 Å². The van der Waals surface area contributed by atoms with Gasteiger partial charge in [0, 0.05) is 18.9 Å². The number of aromatic nitrogens is 3. The van der Waals surface area contributed by atoms with Gasteiger partial charge in [0.1, 0.15) is 6.61 Å². The smallest absolute Gasteiger partial charge is 0.119 e. The van der Waals surface area contributed by atoms with Crippen LogP contribution in [-0.2, 0) is 18.3 Å². The van der Waals surface area contributed by atoms with Crippen molar-refractivity contribution in [2.24, 2.45) is 29.5 Å². The van der Waals surface area contributed by atoms with E-state index in [1.807, 2.05) is 27.1 Å². The van der Waals surface area contributed by atoms with Gasteiger partial charge < -0.3 is 4.84 Å². The lowest BCUT2D eigenvalue weighted by atomic mass is 9.70. The Morgan fingerprint density at radius 1 is 0.868 bits per heavy atom. The molecule has 1 rings (SSSR count). The number of oxime groups is 1. The first kappa shape index (κ1) is 38.8. The van der Waals surface area contributed by atoms with Gasteiger partial charge in [-0.3, -0.25) is 0 Å². The van der Waals surface area contributed by atoms with Crippen LogP contribution >= 0.6 is 0 Å². The third-order valence-corrected chi connectivity index (χ3v) is 7.58. The molecule has 0 aliphatic heterocycles. The second-order valence-corrected chi connectivity index (χ2v) is 11.1. The molecule has 0 spiro atoms. The highest BCUT2D eigenvalue weighted by atomic mass is 16.6.